The molecule has 0 heterocycles. The minimum Gasteiger partial charge on any atom is -0.387 e. The van der Waals surface area contributed by atoms with E-state index in [4.69, 9.17) is 0 Å². The van der Waals surface area contributed by atoms with E-state index in [1.54, 1.807) is 20.0 Å². The minimum absolute atomic E-state index is 0.186. The highest BCUT2D eigenvalue weighted by Crippen LogP contribution is 2.16. The van der Waals surface area contributed by atoms with Crippen LogP contribution in [0.15, 0.2) is 18.2 Å². The van der Waals surface area contributed by atoms with Crippen molar-refractivity contribution in [1.29, 1.82) is 0 Å². The zero-order valence-electron chi connectivity index (χ0n) is 11.8. The van der Waals surface area contributed by atoms with Crippen LogP contribution in [0.25, 0.3) is 0 Å². The van der Waals surface area contributed by atoms with Crippen molar-refractivity contribution in [2.75, 3.05) is 18.9 Å². The van der Waals surface area contributed by atoms with Crippen molar-refractivity contribution in [3.63, 3.8) is 0 Å². The number of rotatable bonds is 5. The molecular weight excluding hydrogens is 242 g/mol. The molecule has 2 amide bonds. The van der Waals surface area contributed by atoms with E-state index in [2.05, 4.69) is 16.0 Å². The number of hydrogen-bond acceptors (Lipinski definition) is 3. The first-order valence-electron chi connectivity index (χ1n) is 6.36. The van der Waals surface area contributed by atoms with E-state index in [0.29, 0.717) is 12.1 Å². The van der Waals surface area contributed by atoms with Crippen LogP contribution >= 0.6 is 0 Å². The van der Waals surface area contributed by atoms with Gasteiger partial charge in [-0.15, -0.1) is 0 Å². The number of carbonyl (C=O) groups excluding carboxylic acids is 2. The minimum atomic E-state index is -0.558. The van der Waals surface area contributed by atoms with Crippen LogP contribution in [-0.2, 0) is 4.79 Å². The molecule has 19 heavy (non-hydrogen) atoms. The van der Waals surface area contributed by atoms with Crippen molar-refractivity contribution < 1.29 is 9.59 Å². The predicted octanol–water partition coefficient (Wildman–Crippen LogP) is 1.29. The van der Waals surface area contributed by atoms with Crippen LogP contribution < -0.4 is 16.0 Å². The summed E-state index contributed by atoms with van der Waals surface area (Å²) in [6, 6.07) is 5.01. The Morgan fingerprint density at radius 1 is 1.32 bits per heavy atom. The molecule has 0 saturated carbocycles. The number of hydrogen-bond donors (Lipinski definition) is 3. The molecule has 1 unspecified atom stereocenters. The number of amides is 2. The summed E-state index contributed by atoms with van der Waals surface area (Å²) >= 11 is 0. The first-order chi connectivity index (χ1) is 8.99. The lowest BCUT2D eigenvalue weighted by Crippen LogP contribution is -2.44. The van der Waals surface area contributed by atoms with Crippen LogP contribution in [0, 0.1) is 6.92 Å². The summed E-state index contributed by atoms with van der Waals surface area (Å²) < 4.78 is 0. The Morgan fingerprint density at radius 2 is 2.00 bits per heavy atom. The van der Waals surface area contributed by atoms with E-state index in [1.807, 2.05) is 26.0 Å². The second-order valence-corrected chi connectivity index (χ2v) is 4.39. The molecule has 0 saturated heterocycles. The molecule has 5 nitrogen and oxygen atoms in total. The molecule has 3 N–H and O–H groups in total. The molecule has 0 aliphatic heterocycles. The molecule has 0 aromatic heterocycles. The van der Waals surface area contributed by atoms with Crippen LogP contribution in [0.2, 0.25) is 0 Å². The third kappa shape index (κ3) is 3.98. The van der Waals surface area contributed by atoms with Crippen molar-refractivity contribution in [2.24, 2.45) is 0 Å². The maximum atomic E-state index is 12.2. The number of aryl methyl sites for hydroxylation is 1. The van der Waals surface area contributed by atoms with Gasteiger partial charge in [-0.05, 0) is 32.9 Å². The Labute approximate surface area is 113 Å². The van der Waals surface area contributed by atoms with Gasteiger partial charge in [0, 0.05) is 19.3 Å². The fraction of sp³-hybridized carbons (Fsp3) is 0.429. The number of benzene rings is 1. The second kappa shape index (κ2) is 6.78. The van der Waals surface area contributed by atoms with Gasteiger partial charge in [0.15, 0.2) is 0 Å². The molecule has 1 rings (SSSR count). The zero-order valence-corrected chi connectivity index (χ0v) is 11.8. The van der Waals surface area contributed by atoms with Gasteiger partial charge in [-0.25, -0.2) is 0 Å². The highest BCUT2D eigenvalue weighted by atomic mass is 16.2. The van der Waals surface area contributed by atoms with E-state index in [9.17, 15) is 9.59 Å². The SMILES string of the molecule is CCNC(=O)C(C)NC(=O)c1cc(C)ccc1NC. The Kier molecular flexibility index (Phi) is 5.36. The number of anilines is 1. The molecule has 1 aromatic carbocycles. The summed E-state index contributed by atoms with van der Waals surface area (Å²) in [5, 5.41) is 8.33. The van der Waals surface area contributed by atoms with Crippen LogP contribution in [0.1, 0.15) is 29.8 Å². The highest BCUT2D eigenvalue weighted by Gasteiger charge is 2.17. The second-order valence-electron chi connectivity index (χ2n) is 4.39. The molecule has 0 radical (unpaired) electrons. The lowest BCUT2D eigenvalue weighted by Gasteiger charge is -2.15. The Morgan fingerprint density at radius 3 is 2.58 bits per heavy atom. The lowest BCUT2D eigenvalue weighted by molar-refractivity contribution is -0.122. The molecule has 0 aliphatic carbocycles. The standard InChI is InChI=1S/C14H21N3O2/c1-5-16-13(18)10(3)17-14(19)11-8-9(2)6-7-12(11)15-4/h6-8,10,15H,5H2,1-4H3,(H,16,18)(H,17,19). The van der Waals surface area contributed by atoms with Crippen molar-refractivity contribution in [2.45, 2.75) is 26.8 Å². The summed E-state index contributed by atoms with van der Waals surface area (Å²) in [5.74, 6) is -0.443. The van der Waals surface area contributed by atoms with E-state index in [0.717, 1.165) is 11.3 Å². The molecule has 0 aliphatic rings. The van der Waals surface area contributed by atoms with Crippen LogP contribution in [0.4, 0.5) is 5.69 Å². The smallest absolute Gasteiger partial charge is 0.254 e. The molecule has 0 bridgehead atoms. The molecule has 5 heteroatoms. The topological polar surface area (TPSA) is 70.2 Å². The molecule has 0 fully saturated rings. The monoisotopic (exact) mass is 263 g/mol. The quantitative estimate of drug-likeness (QED) is 0.749. The van der Waals surface area contributed by atoms with Gasteiger partial charge in [0.05, 0.1) is 5.56 Å². The largest absolute Gasteiger partial charge is 0.387 e. The molecular formula is C14H21N3O2. The Balaban J connectivity index is 2.83. The maximum Gasteiger partial charge on any atom is 0.254 e. The van der Waals surface area contributed by atoms with Gasteiger partial charge >= 0.3 is 0 Å². The highest BCUT2D eigenvalue weighted by molar-refractivity contribution is 6.01. The lowest BCUT2D eigenvalue weighted by atomic mass is 10.1. The number of carbonyl (C=O) groups is 2. The summed E-state index contributed by atoms with van der Waals surface area (Å²) in [6.07, 6.45) is 0. The van der Waals surface area contributed by atoms with Gasteiger partial charge in [-0.3, -0.25) is 9.59 Å². The number of nitrogens with one attached hydrogen (secondary N) is 3. The van der Waals surface area contributed by atoms with Crippen LogP contribution in [-0.4, -0.2) is 31.4 Å². The third-order valence-corrected chi connectivity index (χ3v) is 2.78. The van der Waals surface area contributed by atoms with Crippen LogP contribution in [0.5, 0.6) is 0 Å². The van der Waals surface area contributed by atoms with E-state index in [1.165, 1.54) is 0 Å². The zero-order chi connectivity index (χ0) is 14.4. The first-order valence-corrected chi connectivity index (χ1v) is 6.36. The molecule has 1 aromatic rings. The van der Waals surface area contributed by atoms with Crippen LogP contribution in [0.3, 0.4) is 0 Å². The molecule has 104 valence electrons. The molecule has 0 spiro atoms. The molecule has 1 atom stereocenters. The van der Waals surface area contributed by atoms with Gasteiger partial charge in [0.2, 0.25) is 5.91 Å². The summed E-state index contributed by atoms with van der Waals surface area (Å²) in [4.78, 5) is 23.8. The summed E-state index contributed by atoms with van der Waals surface area (Å²) in [7, 11) is 1.76. The average Bonchev–Trinajstić information content (AvgIpc) is 2.38. The van der Waals surface area contributed by atoms with Crippen molar-refractivity contribution in [3.8, 4) is 0 Å². The fourth-order valence-electron chi connectivity index (χ4n) is 1.73. The Hall–Kier alpha value is -2.04. The van der Waals surface area contributed by atoms with Gasteiger partial charge < -0.3 is 16.0 Å². The van der Waals surface area contributed by atoms with Crippen molar-refractivity contribution in [3.05, 3.63) is 29.3 Å². The average molecular weight is 263 g/mol. The normalized spacial score (nSPS) is 11.6. The van der Waals surface area contributed by atoms with Gasteiger partial charge in [-0.2, -0.15) is 0 Å². The summed E-state index contributed by atoms with van der Waals surface area (Å²) in [5.41, 5.74) is 2.28. The fourth-order valence-corrected chi connectivity index (χ4v) is 1.73. The van der Waals surface area contributed by atoms with Gasteiger partial charge in [0.1, 0.15) is 6.04 Å². The third-order valence-electron chi connectivity index (χ3n) is 2.78. The number of likely N-dealkylation sites (N-methyl/N-ethyl adjacent to an activating group) is 1. The van der Waals surface area contributed by atoms with Gasteiger partial charge in [-0.1, -0.05) is 11.6 Å². The predicted molar refractivity (Wildman–Crippen MR) is 76.3 cm³/mol. The van der Waals surface area contributed by atoms with Crippen molar-refractivity contribution in [1.82, 2.24) is 10.6 Å². The maximum absolute atomic E-state index is 12.2. The van der Waals surface area contributed by atoms with Crippen molar-refractivity contribution >= 4 is 17.5 Å². The van der Waals surface area contributed by atoms with E-state index >= 15 is 0 Å². The summed E-state index contributed by atoms with van der Waals surface area (Å²) in [6.45, 7) is 5.97. The first kappa shape index (κ1) is 15.0. The van der Waals surface area contributed by atoms with Gasteiger partial charge in [0.25, 0.3) is 5.91 Å². The van der Waals surface area contributed by atoms with E-state index < -0.39 is 6.04 Å². The Bertz CT molecular complexity index is 472. The van der Waals surface area contributed by atoms with E-state index in [-0.39, 0.29) is 11.8 Å².